The van der Waals surface area contributed by atoms with Crippen molar-refractivity contribution in [2.75, 3.05) is 11.9 Å². The maximum Gasteiger partial charge on any atom is 0.311 e. The second-order valence-corrected chi connectivity index (χ2v) is 6.29. The number of carbonyl (C=O) groups is 1. The van der Waals surface area contributed by atoms with Crippen LogP contribution in [0.5, 0.6) is 5.75 Å². The van der Waals surface area contributed by atoms with Gasteiger partial charge in [0.05, 0.1) is 11.5 Å². The largest absolute Gasteiger partial charge is 0.487 e. The van der Waals surface area contributed by atoms with Gasteiger partial charge in [-0.3, -0.25) is 20.2 Å². The first kappa shape index (κ1) is 18.8. The molecule has 1 heterocycles. The van der Waals surface area contributed by atoms with Crippen LogP contribution >= 0.6 is 11.3 Å². The molecule has 0 spiro atoms. The van der Waals surface area contributed by atoms with Crippen molar-refractivity contribution in [3.8, 4) is 5.75 Å². The maximum absolute atomic E-state index is 12.3. The molecule has 8 nitrogen and oxygen atoms in total. The van der Waals surface area contributed by atoms with E-state index in [0.717, 1.165) is 17.8 Å². The minimum atomic E-state index is -0.572. The molecule has 0 aliphatic carbocycles. The Labute approximate surface area is 149 Å². The highest BCUT2D eigenvalue weighted by Crippen LogP contribution is 2.30. The average Bonchev–Trinajstić information content (AvgIpc) is 3.04. The van der Waals surface area contributed by atoms with Crippen LogP contribution in [-0.4, -0.2) is 27.6 Å². The monoisotopic (exact) mass is 364 g/mol. The van der Waals surface area contributed by atoms with Crippen molar-refractivity contribution in [1.82, 2.24) is 10.2 Å². The summed E-state index contributed by atoms with van der Waals surface area (Å²) < 4.78 is 5.21. The summed E-state index contributed by atoms with van der Waals surface area (Å²) in [7, 11) is 0. The van der Waals surface area contributed by atoms with Gasteiger partial charge >= 0.3 is 5.69 Å². The molecule has 0 radical (unpaired) electrons. The summed E-state index contributed by atoms with van der Waals surface area (Å²) in [5.41, 5.74) is -0.0843. The Morgan fingerprint density at radius 2 is 2.04 bits per heavy atom. The lowest BCUT2D eigenvalue weighted by Gasteiger charge is -2.07. The van der Waals surface area contributed by atoms with Gasteiger partial charge < -0.3 is 4.74 Å². The van der Waals surface area contributed by atoms with E-state index < -0.39 is 10.8 Å². The molecule has 0 atom stereocenters. The molecular formula is C16H20N4O4S. The number of hydrogen-bond donors (Lipinski definition) is 1. The lowest BCUT2D eigenvalue weighted by Crippen LogP contribution is -2.12. The van der Waals surface area contributed by atoms with E-state index in [9.17, 15) is 14.9 Å². The Morgan fingerprint density at radius 3 is 2.64 bits per heavy atom. The van der Waals surface area contributed by atoms with Gasteiger partial charge in [0.25, 0.3) is 5.91 Å². The quantitative estimate of drug-likeness (QED) is 0.560. The summed E-state index contributed by atoms with van der Waals surface area (Å²) >= 11 is 1.32. The molecule has 2 rings (SSSR count). The lowest BCUT2D eigenvalue weighted by atomic mass is 10.1. The summed E-state index contributed by atoms with van der Waals surface area (Å²) in [6, 6.07) is 4.10. The number of benzene rings is 1. The fourth-order valence-corrected chi connectivity index (χ4v) is 3.34. The van der Waals surface area contributed by atoms with Crippen LogP contribution in [0.25, 0.3) is 0 Å². The fourth-order valence-electron chi connectivity index (χ4n) is 2.34. The van der Waals surface area contributed by atoms with Crippen molar-refractivity contribution in [1.29, 1.82) is 0 Å². The predicted molar refractivity (Wildman–Crippen MR) is 95.5 cm³/mol. The van der Waals surface area contributed by atoms with Crippen LogP contribution < -0.4 is 10.1 Å². The molecule has 1 amide bonds. The normalized spacial score (nSPS) is 10.7. The Bertz CT molecular complexity index is 758. The zero-order valence-corrected chi connectivity index (χ0v) is 15.1. The molecule has 1 aromatic heterocycles. The summed E-state index contributed by atoms with van der Waals surface area (Å²) in [6.07, 6.45) is 1.90. The Morgan fingerprint density at radius 1 is 1.32 bits per heavy atom. The van der Waals surface area contributed by atoms with Gasteiger partial charge in [-0.2, -0.15) is 0 Å². The van der Waals surface area contributed by atoms with Gasteiger partial charge in [-0.25, -0.2) is 0 Å². The van der Waals surface area contributed by atoms with Gasteiger partial charge in [0, 0.05) is 17.5 Å². The van der Waals surface area contributed by atoms with E-state index in [4.69, 9.17) is 4.74 Å². The predicted octanol–water partition coefficient (Wildman–Crippen LogP) is 4.00. The molecule has 1 aromatic carbocycles. The number of nitro groups is 1. The summed E-state index contributed by atoms with van der Waals surface area (Å²) in [5.74, 6) is -0.0240. The van der Waals surface area contributed by atoms with E-state index >= 15 is 0 Å². The molecule has 0 saturated carbocycles. The van der Waals surface area contributed by atoms with Crippen LogP contribution in [0.3, 0.4) is 0 Å². The van der Waals surface area contributed by atoms with Crippen LogP contribution in [0.4, 0.5) is 10.8 Å². The minimum Gasteiger partial charge on any atom is -0.487 e. The van der Waals surface area contributed by atoms with Crippen molar-refractivity contribution in [2.45, 2.75) is 39.5 Å². The molecule has 134 valence electrons. The highest BCUT2D eigenvalue weighted by Gasteiger charge is 2.20. The summed E-state index contributed by atoms with van der Waals surface area (Å²) in [5, 5.41) is 23.1. The topological polar surface area (TPSA) is 107 Å². The van der Waals surface area contributed by atoms with Crippen molar-refractivity contribution < 1.29 is 14.5 Å². The van der Waals surface area contributed by atoms with E-state index in [-0.39, 0.29) is 17.0 Å². The molecular weight excluding hydrogens is 344 g/mol. The molecule has 0 aliphatic heterocycles. The summed E-state index contributed by atoms with van der Waals surface area (Å²) in [6.45, 7) is 6.19. The molecule has 0 aliphatic rings. The number of nitrogens with zero attached hydrogens (tertiary/aromatic N) is 3. The SMILES string of the molecule is CCOc1ccc(C(=O)Nc2nnc(C(CC)CC)s2)cc1[N+](=O)[O-]. The Kier molecular flexibility index (Phi) is 6.40. The van der Waals surface area contributed by atoms with Gasteiger partial charge in [-0.05, 0) is 31.9 Å². The molecule has 25 heavy (non-hydrogen) atoms. The first-order chi connectivity index (χ1) is 12.0. The number of hydrogen-bond acceptors (Lipinski definition) is 7. The molecule has 2 aromatic rings. The van der Waals surface area contributed by atoms with Gasteiger partial charge in [0.1, 0.15) is 5.01 Å². The number of anilines is 1. The molecule has 0 fully saturated rings. The van der Waals surface area contributed by atoms with Crippen LogP contribution in [0.15, 0.2) is 18.2 Å². The smallest absolute Gasteiger partial charge is 0.311 e. The van der Waals surface area contributed by atoms with Gasteiger partial charge in [-0.15, -0.1) is 10.2 Å². The number of rotatable bonds is 8. The number of nitrogens with one attached hydrogen (secondary N) is 1. The van der Waals surface area contributed by atoms with E-state index in [0.29, 0.717) is 17.7 Å². The van der Waals surface area contributed by atoms with Crippen LogP contribution in [0, 0.1) is 10.1 Å². The van der Waals surface area contributed by atoms with Crippen molar-refractivity contribution >= 4 is 28.1 Å². The van der Waals surface area contributed by atoms with E-state index in [2.05, 4.69) is 29.4 Å². The standard InChI is InChI=1S/C16H20N4O4S/c1-4-10(5-2)15-18-19-16(25-15)17-14(21)11-7-8-13(24-6-3)12(9-11)20(22)23/h7-10H,4-6H2,1-3H3,(H,17,19,21). The van der Waals surface area contributed by atoms with Crippen LogP contribution in [0.1, 0.15) is 54.9 Å². The highest BCUT2D eigenvalue weighted by molar-refractivity contribution is 7.15. The lowest BCUT2D eigenvalue weighted by molar-refractivity contribution is -0.385. The third kappa shape index (κ3) is 4.50. The second kappa shape index (κ2) is 8.52. The first-order valence-electron chi connectivity index (χ1n) is 8.06. The molecule has 0 unspecified atom stereocenters. The highest BCUT2D eigenvalue weighted by atomic mass is 32.1. The van der Waals surface area contributed by atoms with Gasteiger partial charge in [0.2, 0.25) is 5.13 Å². The minimum absolute atomic E-state index is 0.135. The Balaban J connectivity index is 2.18. The number of amides is 1. The zero-order chi connectivity index (χ0) is 18.4. The van der Waals surface area contributed by atoms with E-state index in [1.165, 1.54) is 29.5 Å². The molecule has 0 bridgehead atoms. The number of carbonyl (C=O) groups excluding carboxylic acids is 1. The average molecular weight is 364 g/mol. The van der Waals surface area contributed by atoms with Crippen LogP contribution in [-0.2, 0) is 0 Å². The Hall–Kier alpha value is -2.55. The third-order valence-corrected chi connectivity index (χ3v) is 4.71. The zero-order valence-electron chi connectivity index (χ0n) is 14.3. The first-order valence-corrected chi connectivity index (χ1v) is 8.87. The van der Waals surface area contributed by atoms with Crippen molar-refractivity contribution in [3.63, 3.8) is 0 Å². The molecule has 0 saturated heterocycles. The maximum atomic E-state index is 12.3. The number of ether oxygens (including phenoxy) is 1. The number of nitro benzene ring substituents is 1. The summed E-state index contributed by atoms with van der Waals surface area (Å²) in [4.78, 5) is 22.9. The second-order valence-electron chi connectivity index (χ2n) is 5.29. The van der Waals surface area contributed by atoms with Crippen molar-refractivity contribution in [2.24, 2.45) is 0 Å². The van der Waals surface area contributed by atoms with E-state index in [1.807, 2.05) is 0 Å². The molecule has 9 heteroatoms. The molecule has 1 N–H and O–H groups in total. The van der Waals surface area contributed by atoms with Crippen molar-refractivity contribution in [3.05, 3.63) is 38.9 Å². The third-order valence-electron chi connectivity index (χ3n) is 3.71. The van der Waals surface area contributed by atoms with Gasteiger partial charge in [-0.1, -0.05) is 25.2 Å². The van der Waals surface area contributed by atoms with E-state index in [1.54, 1.807) is 6.92 Å². The van der Waals surface area contributed by atoms with Gasteiger partial charge in [0.15, 0.2) is 5.75 Å². The van der Waals surface area contributed by atoms with Crippen LogP contribution in [0.2, 0.25) is 0 Å². The number of aromatic nitrogens is 2. The fraction of sp³-hybridized carbons (Fsp3) is 0.438.